The minimum Gasteiger partial charge on any atom is -0.352 e. The van der Waals surface area contributed by atoms with Crippen molar-refractivity contribution in [3.05, 3.63) is 99.9 Å². The van der Waals surface area contributed by atoms with E-state index in [1.807, 2.05) is 43.3 Å². The van der Waals surface area contributed by atoms with Gasteiger partial charge in [0, 0.05) is 19.3 Å². The number of pyridine rings is 2. The van der Waals surface area contributed by atoms with Crippen LogP contribution < -0.4 is 16.4 Å². The van der Waals surface area contributed by atoms with E-state index in [1.54, 1.807) is 22.9 Å². The van der Waals surface area contributed by atoms with Crippen LogP contribution in [-0.4, -0.2) is 26.4 Å². The Morgan fingerprint density at radius 3 is 2.71 bits per heavy atom. The molecule has 0 bridgehead atoms. The minimum absolute atomic E-state index is 0.00514. The lowest BCUT2D eigenvalue weighted by Gasteiger charge is -2.14. The molecule has 3 heterocycles. The van der Waals surface area contributed by atoms with Gasteiger partial charge in [-0.3, -0.25) is 19.4 Å². The predicted octanol–water partition coefficient (Wildman–Crippen LogP) is 2.60. The first-order valence-corrected chi connectivity index (χ1v) is 10.0. The second kappa shape index (κ2) is 8.39. The summed E-state index contributed by atoms with van der Waals surface area (Å²) in [6.45, 7) is 6.31. The van der Waals surface area contributed by atoms with Gasteiger partial charge in [-0.15, -0.1) is 6.58 Å². The molecule has 0 saturated carbocycles. The highest BCUT2D eigenvalue weighted by atomic mass is 16.1. The Morgan fingerprint density at radius 2 is 1.97 bits per heavy atom. The highest BCUT2D eigenvalue weighted by molar-refractivity contribution is 5.96. The van der Waals surface area contributed by atoms with Crippen LogP contribution in [0.2, 0.25) is 0 Å². The Hall–Kier alpha value is -4.00. The summed E-state index contributed by atoms with van der Waals surface area (Å²) in [5.74, 6) is -0.394. The van der Waals surface area contributed by atoms with Crippen molar-refractivity contribution in [2.45, 2.75) is 19.9 Å². The third-order valence-corrected chi connectivity index (χ3v) is 5.23. The fourth-order valence-electron chi connectivity index (χ4n) is 3.64. The maximum Gasteiger partial charge on any atom is 0.267 e. The Kier molecular flexibility index (Phi) is 5.49. The summed E-state index contributed by atoms with van der Waals surface area (Å²) in [4.78, 5) is 30.7. The Labute approximate surface area is 178 Å². The van der Waals surface area contributed by atoms with Gasteiger partial charge in [0.1, 0.15) is 16.8 Å². The van der Waals surface area contributed by atoms with Crippen LogP contribution in [0.15, 0.2) is 72.2 Å². The number of hydrogen-bond acceptors (Lipinski definition) is 4. The van der Waals surface area contributed by atoms with E-state index in [4.69, 9.17) is 5.41 Å². The average Bonchev–Trinajstić information content (AvgIpc) is 2.77. The molecule has 0 spiro atoms. The number of aryl methyl sites for hydroxylation is 1. The summed E-state index contributed by atoms with van der Waals surface area (Å²) in [5, 5.41) is 11.7. The van der Waals surface area contributed by atoms with E-state index in [9.17, 15) is 9.59 Å². The molecule has 4 aromatic rings. The summed E-state index contributed by atoms with van der Waals surface area (Å²) >= 11 is 0. The molecule has 156 valence electrons. The van der Waals surface area contributed by atoms with Crippen LogP contribution in [0.4, 0.5) is 0 Å². The van der Waals surface area contributed by atoms with Gasteiger partial charge >= 0.3 is 0 Å². The molecule has 7 heteroatoms. The molecule has 4 rings (SSSR count). The van der Waals surface area contributed by atoms with Crippen LogP contribution in [0.25, 0.3) is 16.7 Å². The molecule has 0 saturated heterocycles. The molecule has 3 aromatic heterocycles. The van der Waals surface area contributed by atoms with Gasteiger partial charge in [-0.2, -0.15) is 0 Å². The largest absolute Gasteiger partial charge is 0.352 e. The zero-order valence-corrected chi connectivity index (χ0v) is 17.3. The topological polar surface area (TPSA) is 92.2 Å². The molecular formula is C24H23N5O2. The number of aromatic nitrogens is 3. The molecule has 0 unspecified atom stereocenters. The first-order chi connectivity index (χ1) is 15.0. The van der Waals surface area contributed by atoms with E-state index in [0.717, 1.165) is 11.1 Å². The molecule has 2 N–H and O–H groups in total. The van der Waals surface area contributed by atoms with Crippen molar-refractivity contribution in [1.82, 2.24) is 19.3 Å². The van der Waals surface area contributed by atoms with E-state index in [2.05, 4.69) is 16.9 Å². The van der Waals surface area contributed by atoms with Crippen LogP contribution in [0.1, 0.15) is 21.5 Å². The van der Waals surface area contributed by atoms with E-state index in [-0.39, 0.29) is 28.5 Å². The van der Waals surface area contributed by atoms with Gasteiger partial charge in [0.25, 0.3) is 11.5 Å². The number of carbonyl (C=O) groups is 1. The highest BCUT2D eigenvalue weighted by Gasteiger charge is 2.17. The Bertz CT molecular complexity index is 1420. The molecule has 0 aliphatic rings. The van der Waals surface area contributed by atoms with Gasteiger partial charge < -0.3 is 9.88 Å². The Balaban J connectivity index is 1.79. The van der Waals surface area contributed by atoms with Crippen molar-refractivity contribution >= 4 is 22.6 Å². The quantitative estimate of drug-likeness (QED) is 0.376. The SMILES string of the molecule is C=CCn1c(=N)c(C(=O)NCCc2ccccc2)cc2c(=O)n3cccc(C)c3nc21. The second-order valence-corrected chi connectivity index (χ2v) is 7.34. The molecule has 31 heavy (non-hydrogen) atoms. The number of hydrogen-bond donors (Lipinski definition) is 2. The van der Waals surface area contributed by atoms with Gasteiger partial charge in [0.2, 0.25) is 0 Å². The standard InChI is InChI=1S/C24H23N5O2/c1-3-13-28-20(25)18(23(30)26-12-11-17-9-5-4-6-10-17)15-19-22(28)27-21-16(2)8-7-14-29(21)24(19)31/h3-10,14-15,25H,1,11-13H2,2H3,(H,26,30). The summed E-state index contributed by atoms with van der Waals surface area (Å²) in [6.07, 6.45) is 3.95. The van der Waals surface area contributed by atoms with E-state index >= 15 is 0 Å². The third kappa shape index (κ3) is 3.77. The molecule has 0 aliphatic carbocycles. The van der Waals surface area contributed by atoms with Crippen molar-refractivity contribution in [2.24, 2.45) is 0 Å². The van der Waals surface area contributed by atoms with Crippen LogP contribution in [0.3, 0.4) is 0 Å². The monoisotopic (exact) mass is 413 g/mol. The lowest BCUT2D eigenvalue weighted by molar-refractivity contribution is 0.0952. The van der Waals surface area contributed by atoms with Crippen LogP contribution >= 0.6 is 0 Å². The van der Waals surface area contributed by atoms with Crippen molar-refractivity contribution < 1.29 is 4.79 Å². The average molecular weight is 413 g/mol. The lowest BCUT2D eigenvalue weighted by atomic mass is 10.1. The first-order valence-electron chi connectivity index (χ1n) is 10.0. The maximum atomic E-state index is 13.2. The molecule has 0 fully saturated rings. The number of benzene rings is 1. The highest BCUT2D eigenvalue weighted by Crippen LogP contribution is 2.13. The molecule has 0 atom stereocenters. The van der Waals surface area contributed by atoms with E-state index in [1.165, 1.54) is 10.5 Å². The smallest absolute Gasteiger partial charge is 0.267 e. The molecule has 1 amide bonds. The minimum atomic E-state index is -0.394. The number of nitrogens with zero attached hydrogens (tertiary/aromatic N) is 3. The molecule has 0 radical (unpaired) electrons. The number of amides is 1. The number of nitrogens with one attached hydrogen (secondary N) is 2. The fourth-order valence-corrected chi connectivity index (χ4v) is 3.64. The van der Waals surface area contributed by atoms with Crippen molar-refractivity contribution in [1.29, 1.82) is 5.41 Å². The summed E-state index contributed by atoms with van der Waals surface area (Å²) in [7, 11) is 0. The summed E-state index contributed by atoms with van der Waals surface area (Å²) in [5.41, 5.74) is 2.70. The van der Waals surface area contributed by atoms with Crippen LogP contribution in [-0.2, 0) is 13.0 Å². The van der Waals surface area contributed by atoms with E-state index < -0.39 is 5.91 Å². The number of fused-ring (bicyclic) bond motifs is 2. The normalized spacial score (nSPS) is 11.0. The van der Waals surface area contributed by atoms with Gasteiger partial charge in [-0.1, -0.05) is 42.5 Å². The number of rotatable bonds is 6. The van der Waals surface area contributed by atoms with Gasteiger partial charge in [-0.25, -0.2) is 4.98 Å². The fraction of sp³-hybridized carbons (Fsp3) is 0.167. The number of allylic oxidation sites excluding steroid dienone is 1. The third-order valence-electron chi connectivity index (χ3n) is 5.23. The molecular weight excluding hydrogens is 390 g/mol. The molecule has 7 nitrogen and oxygen atoms in total. The van der Waals surface area contributed by atoms with Gasteiger partial charge in [0.15, 0.2) is 0 Å². The molecule has 1 aromatic carbocycles. The summed E-state index contributed by atoms with van der Waals surface area (Å²) in [6, 6.07) is 15.0. The van der Waals surface area contributed by atoms with Crippen molar-refractivity contribution in [3.63, 3.8) is 0 Å². The Morgan fingerprint density at radius 1 is 1.19 bits per heavy atom. The maximum absolute atomic E-state index is 13.2. The predicted molar refractivity (Wildman–Crippen MR) is 120 cm³/mol. The van der Waals surface area contributed by atoms with E-state index in [0.29, 0.717) is 24.3 Å². The van der Waals surface area contributed by atoms with Crippen molar-refractivity contribution in [3.8, 4) is 0 Å². The zero-order chi connectivity index (χ0) is 22.0. The lowest BCUT2D eigenvalue weighted by Crippen LogP contribution is -2.35. The molecule has 0 aliphatic heterocycles. The van der Waals surface area contributed by atoms with Gasteiger partial charge in [0.05, 0.1) is 10.9 Å². The first kappa shape index (κ1) is 20.3. The number of carbonyl (C=O) groups excluding carboxylic acids is 1. The second-order valence-electron chi connectivity index (χ2n) is 7.34. The van der Waals surface area contributed by atoms with Crippen LogP contribution in [0.5, 0.6) is 0 Å². The summed E-state index contributed by atoms with van der Waals surface area (Å²) < 4.78 is 3.01. The zero-order valence-electron chi connectivity index (χ0n) is 17.3. The van der Waals surface area contributed by atoms with Gasteiger partial charge in [-0.05, 0) is 36.6 Å². The van der Waals surface area contributed by atoms with Crippen LogP contribution in [0, 0.1) is 12.3 Å². The van der Waals surface area contributed by atoms with Crippen molar-refractivity contribution in [2.75, 3.05) is 6.54 Å².